The number of fused-ring (bicyclic) bond motifs is 1. The van der Waals surface area contributed by atoms with Crippen LogP contribution in [0.15, 0.2) is 24.4 Å². The van der Waals surface area contributed by atoms with Gasteiger partial charge in [-0.2, -0.15) is 0 Å². The van der Waals surface area contributed by atoms with Crippen LogP contribution in [-0.4, -0.2) is 46.0 Å². The highest BCUT2D eigenvalue weighted by Gasteiger charge is 2.43. The number of rotatable bonds is 2. The van der Waals surface area contributed by atoms with Crippen molar-refractivity contribution in [3.8, 4) is 0 Å². The van der Waals surface area contributed by atoms with Crippen molar-refractivity contribution in [2.45, 2.75) is 43.9 Å². The maximum Gasteiger partial charge on any atom is 0.123 e. The first-order valence-corrected chi connectivity index (χ1v) is 8.85. The van der Waals surface area contributed by atoms with Gasteiger partial charge >= 0.3 is 0 Å². The summed E-state index contributed by atoms with van der Waals surface area (Å²) < 4.78 is 21.7. The van der Waals surface area contributed by atoms with Crippen molar-refractivity contribution in [1.29, 1.82) is 0 Å². The predicted molar refractivity (Wildman–Crippen MR) is 91.3 cm³/mol. The summed E-state index contributed by atoms with van der Waals surface area (Å²) in [7, 11) is 2.00. The van der Waals surface area contributed by atoms with Crippen LogP contribution in [-0.2, 0) is 18.3 Å². The number of aryl methyl sites for hydroxylation is 1. The van der Waals surface area contributed by atoms with E-state index in [9.17, 15) is 9.50 Å². The molecule has 0 aliphatic carbocycles. The Labute approximate surface area is 141 Å². The Morgan fingerprint density at radius 1 is 1.33 bits per heavy atom. The Morgan fingerprint density at radius 2 is 2.12 bits per heavy atom. The number of hydrogen-bond donors (Lipinski definition) is 1. The third kappa shape index (κ3) is 2.75. The van der Waals surface area contributed by atoms with E-state index in [0.29, 0.717) is 0 Å². The molecule has 1 atom stereocenters. The van der Waals surface area contributed by atoms with Gasteiger partial charge in [0, 0.05) is 50.4 Å². The SMILES string of the molecule is Cn1cc(CN2CCC3(CC2)OCCCC3O)c2cc(F)ccc21. The quantitative estimate of drug-likeness (QED) is 0.919. The van der Waals surface area contributed by atoms with Crippen molar-refractivity contribution in [1.82, 2.24) is 9.47 Å². The summed E-state index contributed by atoms with van der Waals surface area (Å²) in [5.41, 5.74) is 1.89. The number of benzene rings is 1. The van der Waals surface area contributed by atoms with Crippen LogP contribution in [0.4, 0.5) is 4.39 Å². The molecule has 0 bridgehead atoms. The standard InChI is InChI=1S/C19H25FN2O2/c1-21-12-14(16-11-15(20)4-5-17(16)21)13-22-8-6-19(7-9-22)18(23)3-2-10-24-19/h4-5,11-12,18,23H,2-3,6-10,13H2,1H3. The van der Waals surface area contributed by atoms with E-state index in [4.69, 9.17) is 4.74 Å². The molecule has 130 valence electrons. The van der Waals surface area contributed by atoms with Crippen LogP contribution in [0.5, 0.6) is 0 Å². The van der Waals surface area contributed by atoms with Gasteiger partial charge in [0.15, 0.2) is 0 Å². The highest BCUT2D eigenvalue weighted by Crippen LogP contribution is 2.36. The van der Waals surface area contributed by atoms with Gasteiger partial charge in [-0.25, -0.2) is 4.39 Å². The van der Waals surface area contributed by atoms with Crippen molar-refractivity contribution in [2.75, 3.05) is 19.7 Å². The fraction of sp³-hybridized carbons (Fsp3) is 0.579. The van der Waals surface area contributed by atoms with Gasteiger partial charge in [0.05, 0.1) is 11.7 Å². The van der Waals surface area contributed by atoms with E-state index >= 15 is 0 Å². The molecule has 4 nitrogen and oxygen atoms in total. The van der Waals surface area contributed by atoms with Gasteiger partial charge in [0.25, 0.3) is 0 Å². The minimum Gasteiger partial charge on any atom is -0.390 e. The lowest BCUT2D eigenvalue weighted by atomic mass is 9.82. The molecular formula is C19H25FN2O2. The van der Waals surface area contributed by atoms with E-state index in [2.05, 4.69) is 15.7 Å². The molecule has 2 fully saturated rings. The van der Waals surface area contributed by atoms with Gasteiger partial charge in [-0.05, 0) is 49.4 Å². The Morgan fingerprint density at radius 3 is 2.88 bits per heavy atom. The van der Waals surface area contributed by atoms with Crippen LogP contribution in [0.25, 0.3) is 10.9 Å². The molecule has 0 radical (unpaired) electrons. The number of nitrogens with zero attached hydrogens (tertiary/aromatic N) is 2. The minimum atomic E-state index is -0.334. The zero-order valence-electron chi connectivity index (χ0n) is 14.2. The van der Waals surface area contributed by atoms with Crippen LogP contribution in [0.2, 0.25) is 0 Å². The zero-order valence-corrected chi connectivity index (χ0v) is 14.2. The topological polar surface area (TPSA) is 37.6 Å². The molecule has 5 heteroatoms. The molecule has 1 aromatic carbocycles. The fourth-order valence-corrected chi connectivity index (χ4v) is 4.29. The predicted octanol–water partition coefficient (Wildman–Crippen LogP) is 2.82. The molecule has 2 aliphatic rings. The number of aliphatic hydroxyl groups excluding tert-OH is 1. The Balaban J connectivity index is 1.49. The Hall–Kier alpha value is -1.43. The maximum absolute atomic E-state index is 13.6. The first kappa shape index (κ1) is 16.1. The number of aromatic nitrogens is 1. The Kier molecular flexibility index (Phi) is 4.11. The minimum absolute atomic E-state index is 0.189. The van der Waals surface area contributed by atoms with Gasteiger partial charge in [0.1, 0.15) is 5.82 Å². The molecule has 1 spiro atoms. The van der Waals surface area contributed by atoms with Gasteiger partial charge in [0.2, 0.25) is 0 Å². The number of halogens is 1. The van der Waals surface area contributed by atoms with E-state index in [1.54, 1.807) is 6.07 Å². The van der Waals surface area contributed by atoms with Gasteiger partial charge < -0.3 is 14.4 Å². The highest BCUT2D eigenvalue weighted by molar-refractivity contribution is 5.84. The average Bonchev–Trinajstić information content (AvgIpc) is 2.88. The van der Waals surface area contributed by atoms with Crippen molar-refractivity contribution in [3.63, 3.8) is 0 Å². The normalized spacial score (nSPS) is 24.7. The van der Waals surface area contributed by atoms with Gasteiger partial charge in [-0.15, -0.1) is 0 Å². The molecule has 3 heterocycles. The number of ether oxygens (including phenoxy) is 1. The molecule has 0 saturated carbocycles. The lowest BCUT2D eigenvalue weighted by molar-refractivity contribution is -0.177. The summed E-state index contributed by atoms with van der Waals surface area (Å²) in [6.45, 7) is 3.39. The number of aliphatic hydroxyl groups is 1. The largest absolute Gasteiger partial charge is 0.390 e. The monoisotopic (exact) mass is 332 g/mol. The second kappa shape index (κ2) is 6.14. The average molecular weight is 332 g/mol. The molecule has 2 saturated heterocycles. The summed E-state index contributed by atoms with van der Waals surface area (Å²) >= 11 is 0. The summed E-state index contributed by atoms with van der Waals surface area (Å²) in [6, 6.07) is 4.98. The van der Waals surface area contributed by atoms with Crippen LogP contribution < -0.4 is 0 Å². The molecule has 0 amide bonds. The van der Waals surface area contributed by atoms with E-state index in [0.717, 1.165) is 68.4 Å². The van der Waals surface area contributed by atoms with Crippen molar-refractivity contribution < 1.29 is 14.2 Å². The second-order valence-electron chi connectivity index (χ2n) is 7.27. The van der Waals surface area contributed by atoms with E-state index in [1.165, 1.54) is 6.07 Å². The third-order valence-electron chi connectivity index (χ3n) is 5.75. The van der Waals surface area contributed by atoms with E-state index < -0.39 is 0 Å². The van der Waals surface area contributed by atoms with Gasteiger partial charge in [-0.1, -0.05) is 0 Å². The number of hydrogen-bond acceptors (Lipinski definition) is 3. The number of piperidine rings is 1. The van der Waals surface area contributed by atoms with Crippen LogP contribution in [0.1, 0.15) is 31.2 Å². The summed E-state index contributed by atoms with van der Waals surface area (Å²) in [5.74, 6) is -0.189. The molecule has 1 N–H and O–H groups in total. The van der Waals surface area contributed by atoms with Crippen molar-refractivity contribution >= 4 is 10.9 Å². The fourth-order valence-electron chi connectivity index (χ4n) is 4.29. The molecule has 24 heavy (non-hydrogen) atoms. The Bertz CT molecular complexity index is 734. The van der Waals surface area contributed by atoms with Gasteiger partial charge in [-0.3, -0.25) is 4.90 Å². The maximum atomic E-state index is 13.6. The van der Waals surface area contributed by atoms with Crippen molar-refractivity contribution in [2.24, 2.45) is 7.05 Å². The van der Waals surface area contributed by atoms with Crippen LogP contribution >= 0.6 is 0 Å². The van der Waals surface area contributed by atoms with E-state index in [-0.39, 0.29) is 17.5 Å². The molecule has 1 unspecified atom stereocenters. The molecule has 4 rings (SSSR count). The lowest BCUT2D eigenvalue weighted by Crippen LogP contribution is -2.55. The first-order chi connectivity index (χ1) is 11.6. The lowest BCUT2D eigenvalue weighted by Gasteiger charge is -2.46. The molecule has 2 aliphatic heterocycles. The van der Waals surface area contributed by atoms with Crippen LogP contribution in [0.3, 0.4) is 0 Å². The molecule has 2 aromatic rings. The third-order valence-corrected chi connectivity index (χ3v) is 5.75. The molecule has 1 aromatic heterocycles. The van der Waals surface area contributed by atoms with Crippen molar-refractivity contribution in [3.05, 3.63) is 35.8 Å². The summed E-state index contributed by atoms with van der Waals surface area (Å²) in [5, 5.41) is 11.3. The summed E-state index contributed by atoms with van der Waals surface area (Å²) in [4.78, 5) is 2.38. The first-order valence-electron chi connectivity index (χ1n) is 8.85. The summed E-state index contributed by atoms with van der Waals surface area (Å²) in [6.07, 6.45) is 5.30. The molecular weight excluding hydrogens is 307 g/mol. The van der Waals surface area contributed by atoms with E-state index in [1.807, 2.05) is 13.1 Å². The van der Waals surface area contributed by atoms with Crippen LogP contribution in [0, 0.1) is 5.82 Å². The highest BCUT2D eigenvalue weighted by atomic mass is 19.1. The zero-order chi connectivity index (χ0) is 16.7. The smallest absolute Gasteiger partial charge is 0.123 e. The second-order valence-corrected chi connectivity index (χ2v) is 7.27. The number of likely N-dealkylation sites (tertiary alicyclic amines) is 1.